The summed E-state index contributed by atoms with van der Waals surface area (Å²) < 4.78 is 10.6. The van der Waals surface area contributed by atoms with E-state index in [2.05, 4.69) is 21.3 Å². The summed E-state index contributed by atoms with van der Waals surface area (Å²) in [5, 5.41) is 16.8. The molecular formula is C20H21N5O2. The van der Waals surface area contributed by atoms with Gasteiger partial charge < -0.3 is 15.2 Å². The molecule has 0 bridgehead atoms. The van der Waals surface area contributed by atoms with Gasteiger partial charge in [0.15, 0.2) is 0 Å². The van der Waals surface area contributed by atoms with Crippen LogP contribution >= 0.6 is 0 Å². The minimum Gasteiger partial charge on any atom is -0.496 e. The number of pyridine rings is 1. The maximum Gasteiger partial charge on any atom is 0.142 e. The minimum absolute atomic E-state index is 0.189. The number of nitrogens with two attached hydrogens (primary N) is 1. The second-order valence-electron chi connectivity index (χ2n) is 6.20. The number of hydrogen-bond donors (Lipinski definition) is 2. The summed E-state index contributed by atoms with van der Waals surface area (Å²) >= 11 is 0. The molecule has 0 fully saturated rings. The fourth-order valence-corrected chi connectivity index (χ4v) is 3.18. The molecule has 1 aromatic carbocycles. The van der Waals surface area contributed by atoms with E-state index in [4.69, 9.17) is 15.2 Å². The largest absolute Gasteiger partial charge is 0.496 e. The Balaban J connectivity index is 2.24. The topological polar surface area (TPSA) is 110 Å². The minimum atomic E-state index is 0.189. The Morgan fingerprint density at radius 2 is 2.00 bits per heavy atom. The molecule has 0 aliphatic carbocycles. The van der Waals surface area contributed by atoms with Gasteiger partial charge in [-0.25, -0.2) is 4.98 Å². The van der Waals surface area contributed by atoms with E-state index in [1.165, 1.54) is 0 Å². The molecule has 0 spiro atoms. The van der Waals surface area contributed by atoms with Crippen LogP contribution in [-0.2, 0) is 11.3 Å². The molecule has 0 atom stereocenters. The van der Waals surface area contributed by atoms with Gasteiger partial charge in [0, 0.05) is 29.5 Å². The van der Waals surface area contributed by atoms with Gasteiger partial charge in [-0.15, -0.1) is 0 Å². The average Bonchev–Trinajstić information content (AvgIpc) is 2.99. The summed E-state index contributed by atoms with van der Waals surface area (Å²) in [5.74, 6) is 0.914. The second kappa shape index (κ2) is 7.48. The molecule has 27 heavy (non-hydrogen) atoms. The van der Waals surface area contributed by atoms with Crippen molar-refractivity contribution in [3.63, 3.8) is 0 Å². The highest BCUT2D eigenvalue weighted by Gasteiger charge is 2.18. The lowest BCUT2D eigenvalue weighted by atomic mass is 9.96. The van der Waals surface area contributed by atoms with Crippen molar-refractivity contribution < 1.29 is 9.47 Å². The van der Waals surface area contributed by atoms with E-state index < -0.39 is 0 Å². The number of benzene rings is 1. The first-order valence-electron chi connectivity index (χ1n) is 8.38. The number of nitrogen functional groups attached to an aromatic ring is 1. The van der Waals surface area contributed by atoms with Gasteiger partial charge in [-0.3, -0.25) is 5.10 Å². The Hall–Kier alpha value is -3.37. The highest BCUT2D eigenvalue weighted by Crippen LogP contribution is 2.35. The molecule has 3 N–H and O–H groups in total. The van der Waals surface area contributed by atoms with Crippen LogP contribution < -0.4 is 10.5 Å². The third-order valence-corrected chi connectivity index (χ3v) is 4.43. The SMILES string of the molecule is COCc1cc(-c2cc(-c3c(C)n[nH]c3C)nc(N)c2C#N)ccc1OC. The highest BCUT2D eigenvalue weighted by atomic mass is 16.5. The van der Waals surface area contributed by atoms with Crippen LogP contribution in [0.4, 0.5) is 5.82 Å². The summed E-state index contributed by atoms with van der Waals surface area (Å²) in [6.07, 6.45) is 0. The Kier molecular flexibility index (Phi) is 5.10. The monoisotopic (exact) mass is 363 g/mol. The summed E-state index contributed by atoms with van der Waals surface area (Å²) in [6.45, 7) is 4.22. The zero-order valence-corrected chi connectivity index (χ0v) is 15.8. The number of aryl methyl sites for hydroxylation is 2. The lowest BCUT2D eigenvalue weighted by Crippen LogP contribution is -2.01. The zero-order valence-electron chi connectivity index (χ0n) is 15.8. The van der Waals surface area contributed by atoms with Crippen LogP contribution in [0.5, 0.6) is 5.75 Å². The molecule has 3 aromatic rings. The predicted octanol–water partition coefficient (Wildman–Crippen LogP) is 3.36. The Bertz CT molecular complexity index is 1010. The van der Waals surface area contributed by atoms with Gasteiger partial charge in [-0.05, 0) is 37.6 Å². The Labute approximate surface area is 157 Å². The van der Waals surface area contributed by atoms with Gasteiger partial charge in [0.2, 0.25) is 0 Å². The standard InChI is InChI=1S/C20H21N5O2/c1-11-19(12(2)25-24-11)17-8-15(16(9-21)20(22)23-17)13-5-6-18(27-4)14(7-13)10-26-3/h5-8H,10H2,1-4H3,(H2,22,23)(H,24,25). The molecular weight excluding hydrogens is 342 g/mol. The van der Waals surface area contributed by atoms with Gasteiger partial charge in [0.1, 0.15) is 23.2 Å². The lowest BCUT2D eigenvalue weighted by molar-refractivity contribution is 0.181. The van der Waals surface area contributed by atoms with E-state index in [-0.39, 0.29) is 5.82 Å². The fraction of sp³-hybridized carbons (Fsp3) is 0.250. The maximum absolute atomic E-state index is 9.63. The van der Waals surface area contributed by atoms with Crippen molar-refractivity contribution >= 4 is 5.82 Å². The van der Waals surface area contributed by atoms with Crippen molar-refractivity contribution in [3.8, 4) is 34.2 Å². The number of methoxy groups -OCH3 is 2. The van der Waals surface area contributed by atoms with Gasteiger partial charge >= 0.3 is 0 Å². The van der Waals surface area contributed by atoms with Crippen molar-refractivity contribution in [2.45, 2.75) is 20.5 Å². The predicted molar refractivity (Wildman–Crippen MR) is 103 cm³/mol. The van der Waals surface area contributed by atoms with Crippen LogP contribution in [0.25, 0.3) is 22.4 Å². The Morgan fingerprint density at radius 1 is 1.22 bits per heavy atom. The number of nitrogens with zero attached hydrogens (tertiary/aromatic N) is 3. The number of aromatic amines is 1. The maximum atomic E-state index is 9.63. The molecule has 2 heterocycles. The number of hydrogen-bond acceptors (Lipinski definition) is 6. The van der Waals surface area contributed by atoms with Crippen molar-refractivity contribution in [3.05, 3.63) is 46.8 Å². The molecule has 0 unspecified atom stereocenters. The van der Waals surface area contributed by atoms with E-state index in [0.717, 1.165) is 33.8 Å². The van der Waals surface area contributed by atoms with Crippen LogP contribution in [0.15, 0.2) is 24.3 Å². The van der Waals surface area contributed by atoms with Crippen LogP contribution in [-0.4, -0.2) is 29.4 Å². The fourth-order valence-electron chi connectivity index (χ4n) is 3.18. The number of anilines is 1. The molecule has 2 aromatic heterocycles. The van der Waals surface area contributed by atoms with Gasteiger partial charge in [0.25, 0.3) is 0 Å². The normalized spacial score (nSPS) is 10.6. The number of nitrogens with one attached hydrogen (secondary N) is 1. The first-order chi connectivity index (χ1) is 13.0. The first kappa shape index (κ1) is 18.4. The molecule has 0 aliphatic heterocycles. The summed E-state index contributed by atoms with van der Waals surface area (Å²) in [6, 6.07) is 9.74. The van der Waals surface area contributed by atoms with E-state index in [1.807, 2.05) is 38.1 Å². The van der Waals surface area contributed by atoms with E-state index in [0.29, 0.717) is 23.4 Å². The van der Waals surface area contributed by atoms with Crippen LogP contribution in [0.3, 0.4) is 0 Å². The van der Waals surface area contributed by atoms with Gasteiger partial charge in [0.05, 0.1) is 25.1 Å². The second-order valence-corrected chi connectivity index (χ2v) is 6.20. The molecule has 0 saturated heterocycles. The summed E-state index contributed by atoms with van der Waals surface area (Å²) in [7, 11) is 3.24. The smallest absolute Gasteiger partial charge is 0.142 e. The number of H-pyrrole nitrogens is 1. The van der Waals surface area contributed by atoms with E-state index in [1.54, 1.807) is 14.2 Å². The molecule has 0 saturated carbocycles. The highest BCUT2D eigenvalue weighted by molar-refractivity contribution is 5.81. The first-order valence-corrected chi connectivity index (χ1v) is 8.38. The van der Waals surface area contributed by atoms with Crippen LogP contribution in [0.2, 0.25) is 0 Å². The number of nitriles is 1. The van der Waals surface area contributed by atoms with Crippen molar-refractivity contribution in [2.24, 2.45) is 0 Å². The Morgan fingerprint density at radius 3 is 2.59 bits per heavy atom. The van der Waals surface area contributed by atoms with Crippen molar-refractivity contribution in [1.29, 1.82) is 5.26 Å². The molecule has 7 nitrogen and oxygen atoms in total. The molecule has 0 amide bonds. The molecule has 7 heteroatoms. The summed E-state index contributed by atoms with van der Waals surface area (Å²) in [5.41, 5.74) is 12.2. The molecule has 0 radical (unpaired) electrons. The third-order valence-electron chi connectivity index (χ3n) is 4.43. The third kappa shape index (κ3) is 3.35. The van der Waals surface area contributed by atoms with E-state index >= 15 is 0 Å². The zero-order chi connectivity index (χ0) is 19.6. The van der Waals surface area contributed by atoms with E-state index in [9.17, 15) is 5.26 Å². The summed E-state index contributed by atoms with van der Waals surface area (Å²) in [4.78, 5) is 4.43. The number of ether oxygens (including phenoxy) is 2. The van der Waals surface area contributed by atoms with Crippen molar-refractivity contribution in [2.75, 3.05) is 20.0 Å². The van der Waals surface area contributed by atoms with Crippen molar-refractivity contribution in [1.82, 2.24) is 15.2 Å². The molecule has 138 valence electrons. The van der Waals surface area contributed by atoms with Gasteiger partial charge in [-0.2, -0.15) is 10.4 Å². The van der Waals surface area contributed by atoms with Crippen LogP contribution in [0.1, 0.15) is 22.5 Å². The lowest BCUT2D eigenvalue weighted by Gasteiger charge is -2.13. The number of rotatable bonds is 5. The quantitative estimate of drug-likeness (QED) is 0.719. The number of aromatic nitrogens is 3. The van der Waals surface area contributed by atoms with Gasteiger partial charge in [-0.1, -0.05) is 6.07 Å². The molecule has 3 rings (SSSR count). The average molecular weight is 363 g/mol. The van der Waals surface area contributed by atoms with Crippen LogP contribution in [0, 0.1) is 25.2 Å². The molecule has 0 aliphatic rings.